The van der Waals surface area contributed by atoms with Crippen LogP contribution in [0.2, 0.25) is 0 Å². The molecule has 0 aliphatic heterocycles. The van der Waals surface area contributed by atoms with E-state index in [1.54, 1.807) is 44.4 Å². The number of carbonyl (C=O) groups is 1. The van der Waals surface area contributed by atoms with Crippen molar-refractivity contribution in [2.45, 2.75) is 45.9 Å². The maximum absolute atomic E-state index is 13.2. The summed E-state index contributed by atoms with van der Waals surface area (Å²) < 4.78 is 6.95. The van der Waals surface area contributed by atoms with Crippen LogP contribution in [0.4, 0.5) is 4.79 Å². The Balaban J connectivity index is 2.03. The van der Waals surface area contributed by atoms with Crippen LogP contribution in [0, 0.1) is 0 Å². The predicted molar refractivity (Wildman–Crippen MR) is 109 cm³/mol. The molecular weight excluding hydrogens is 354 g/mol. The summed E-state index contributed by atoms with van der Waals surface area (Å²) in [6.07, 6.45) is -0.548. The monoisotopic (exact) mass is 379 g/mol. The minimum absolute atomic E-state index is 0.137. The van der Waals surface area contributed by atoms with E-state index in [0.717, 1.165) is 5.56 Å². The number of alkyl carbamates (subject to hydrolysis) is 1. The molecule has 1 heterocycles. The average Bonchev–Trinajstić information content (AvgIpc) is 2.63. The van der Waals surface area contributed by atoms with E-state index in [1.807, 2.05) is 42.5 Å². The number of para-hydroxylation sites is 1. The van der Waals surface area contributed by atoms with E-state index >= 15 is 0 Å². The van der Waals surface area contributed by atoms with E-state index in [-0.39, 0.29) is 5.56 Å². The number of benzene rings is 2. The van der Waals surface area contributed by atoms with Crippen molar-refractivity contribution in [3.63, 3.8) is 0 Å². The highest BCUT2D eigenvalue weighted by atomic mass is 16.6. The first-order chi connectivity index (χ1) is 13.2. The van der Waals surface area contributed by atoms with Gasteiger partial charge in [-0.2, -0.15) is 0 Å². The van der Waals surface area contributed by atoms with Crippen molar-refractivity contribution in [1.29, 1.82) is 0 Å². The van der Waals surface area contributed by atoms with E-state index in [9.17, 15) is 9.59 Å². The van der Waals surface area contributed by atoms with Gasteiger partial charge in [-0.25, -0.2) is 9.78 Å². The third-order valence-electron chi connectivity index (χ3n) is 4.20. The van der Waals surface area contributed by atoms with E-state index in [1.165, 1.54) is 0 Å². The molecule has 3 rings (SSSR count). The molecule has 0 radical (unpaired) electrons. The van der Waals surface area contributed by atoms with Crippen molar-refractivity contribution in [3.05, 3.63) is 76.3 Å². The summed E-state index contributed by atoms with van der Waals surface area (Å²) in [7, 11) is 0. The zero-order chi connectivity index (χ0) is 20.3. The molecule has 1 amide bonds. The molecule has 6 heteroatoms. The molecule has 0 fully saturated rings. The number of nitrogens with zero attached hydrogens (tertiary/aromatic N) is 2. The van der Waals surface area contributed by atoms with Crippen LogP contribution < -0.4 is 10.9 Å². The van der Waals surface area contributed by atoms with Gasteiger partial charge in [0.1, 0.15) is 11.4 Å². The Morgan fingerprint density at radius 2 is 1.75 bits per heavy atom. The van der Waals surface area contributed by atoms with Gasteiger partial charge in [-0.05, 0) is 45.4 Å². The Morgan fingerprint density at radius 3 is 2.43 bits per heavy atom. The Morgan fingerprint density at radius 1 is 1.11 bits per heavy atom. The standard InChI is InChI=1S/C22H25N3O3/c1-15(23-21(27)28-22(2,3)4)19-24-18-13-9-8-12-17(18)20(26)25(19)14-16-10-6-5-7-11-16/h5-13,15H,14H2,1-4H3,(H,23,27)/t15-/m0/s1. The number of hydrogen-bond donors (Lipinski definition) is 1. The van der Waals surface area contributed by atoms with Gasteiger partial charge in [0.2, 0.25) is 0 Å². The van der Waals surface area contributed by atoms with Gasteiger partial charge in [-0.15, -0.1) is 0 Å². The molecule has 28 heavy (non-hydrogen) atoms. The minimum Gasteiger partial charge on any atom is -0.444 e. The Hall–Kier alpha value is -3.15. The van der Waals surface area contributed by atoms with E-state index < -0.39 is 17.7 Å². The molecule has 0 spiro atoms. The molecule has 3 aromatic rings. The van der Waals surface area contributed by atoms with E-state index in [0.29, 0.717) is 23.3 Å². The summed E-state index contributed by atoms with van der Waals surface area (Å²) in [6, 6.07) is 16.4. The first kappa shape index (κ1) is 19.6. The lowest BCUT2D eigenvalue weighted by atomic mass is 10.2. The van der Waals surface area contributed by atoms with Crippen molar-refractivity contribution in [1.82, 2.24) is 14.9 Å². The van der Waals surface area contributed by atoms with Crippen LogP contribution in [0.3, 0.4) is 0 Å². The summed E-state index contributed by atoms with van der Waals surface area (Å²) in [5, 5.41) is 3.34. The second kappa shape index (κ2) is 7.84. The first-order valence-corrected chi connectivity index (χ1v) is 9.27. The van der Waals surface area contributed by atoms with Gasteiger partial charge in [-0.3, -0.25) is 9.36 Å². The van der Waals surface area contributed by atoms with Crippen LogP contribution in [0.1, 0.15) is 45.1 Å². The molecule has 2 aromatic carbocycles. The van der Waals surface area contributed by atoms with Crippen LogP contribution in [-0.2, 0) is 11.3 Å². The molecule has 0 saturated heterocycles. The third-order valence-corrected chi connectivity index (χ3v) is 4.20. The quantitative estimate of drug-likeness (QED) is 0.743. The maximum Gasteiger partial charge on any atom is 0.408 e. The molecule has 1 atom stereocenters. The lowest BCUT2D eigenvalue weighted by Gasteiger charge is -2.23. The highest BCUT2D eigenvalue weighted by Crippen LogP contribution is 2.16. The zero-order valence-electron chi connectivity index (χ0n) is 16.6. The van der Waals surface area contributed by atoms with Crippen molar-refractivity contribution in [3.8, 4) is 0 Å². The van der Waals surface area contributed by atoms with Crippen molar-refractivity contribution < 1.29 is 9.53 Å². The number of fused-ring (bicyclic) bond motifs is 1. The van der Waals surface area contributed by atoms with Gasteiger partial charge in [0.15, 0.2) is 0 Å². The maximum atomic E-state index is 13.2. The van der Waals surface area contributed by atoms with Gasteiger partial charge in [-0.1, -0.05) is 42.5 Å². The van der Waals surface area contributed by atoms with Crippen LogP contribution in [-0.4, -0.2) is 21.2 Å². The van der Waals surface area contributed by atoms with Gasteiger partial charge in [0.05, 0.1) is 23.5 Å². The number of hydrogen-bond acceptors (Lipinski definition) is 4. The molecule has 0 aliphatic carbocycles. The molecule has 0 bridgehead atoms. The smallest absolute Gasteiger partial charge is 0.408 e. The summed E-state index contributed by atoms with van der Waals surface area (Å²) in [5.41, 5.74) is 0.837. The molecule has 0 saturated carbocycles. The largest absolute Gasteiger partial charge is 0.444 e. The zero-order valence-corrected chi connectivity index (χ0v) is 16.6. The molecule has 1 aromatic heterocycles. The summed E-state index contributed by atoms with van der Waals surface area (Å²) in [4.78, 5) is 30.0. The number of ether oxygens (including phenoxy) is 1. The summed E-state index contributed by atoms with van der Waals surface area (Å²) in [5.74, 6) is 0.485. The van der Waals surface area contributed by atoms with Crippen LogP contribution >= 0.6 is 0 Å². The Labute approximate surface area is 164 Å². The van der Waals surface area contributed by atoms with Crippen LogP contribution in [0.15, 0.2) is 59.4 Å². The topological polar surface area (TPSA) is 73.2 Å². The molecule has 1 N–H and O–H groups in total. The highest BCUT2D eigenvalue weighted by molar-refractivity contribution is 5.77. The van der Waals surface area contributed by atoms with Gasteiger partial charge >= 0.3 is 6.09 Å². The Kier molecular flexibility index (Phi) is 5.49. The second-order valence-corrected chi connectivity index (χ2v) is 7.73. The first-order valence-electron chi connectivity index (χ1n) is 9.27. The number of carbonyl (C=O) groups excluding carboxylic acids is 1. The van der Waals surface area contributed by atoms with Gasteiger partial charge in [0.25, 0.3) is 5.56 Å². The minimum atomic E-state index is -0.607. The van der Waals surface area contributed by atoms with Crippen molar-refractivity contribution in [2.24, 2.45) is 0 Å². The van der Waals surface area contributed by atoms with Gasteiger partial charge < -0.3 is 10.1 Å². The lowest BCUT2D eigenvalue weighted by molar-refractivity contribution is 0.0505. The fourth-order valence-corrected chi connectivity index (χ4v) is 2.98. The number of nitrogens with one attached hydrogen (secondary N) is 1. The normalized spacial score (nSPS) is 12.6. The number of aromatic nitrogens is 2. The second-order valence-electron chi connectivity index (χ2n) is 7.73. The number of rotatable bonds is 4. The molecule has 0 unspecified atom stereocenters. The highest BCUT2D eigenvalue weighted by Gasteiger charge is 2.22. The molecule has 0 aliphatic rings. The SMILES string of the molecule is C[C@H](NC(=O)OC(C)(C)C)c1nc2ccccc2c(=O)n1Cc1ccccc1. The Bertz CT molecular complexity index is 1040. The van der Waals surface area contributed by atoms with Crippen LogP contribution in [0.25, 0.3) is 10.9 Å². The van der Waals surface area contributed by atoms with Crippen molar-refractivity contribution >= 4 is 17.0 Å². The molecular formula is C22H25N3O3. The van der Waals surface area contributed by atoms with E-state index in [2.05, 4.69) is 10.3 Å². The molecule has 146 valence electrons. The van der Waals surface area contributed by atoms with E-state index in [4.69, 9.17) is 4.74 Å². The summed E-state index contributed by atoms with van der Waals surface area (Å²) in [6.45, 7) is 7.57. The lowest BCUT2D eigenvalue weighted by Crippen LogP contribution is -2.37. The van der Waals surface area contributed by atoms with Gasteiger partial charge in [0, 0.05) is 0 Å². The fourth-order valence-electron chi connectivity index (χ4n) is 2.98. The number of amides is 1. The van der Waals surface area contributed by atoms with Crippen LogP contribution in [0.5, 0.6) is 0 Å². The van der Waals surface area contributed by atoms with Crippen molar-refractivity contribution in [2.75, 3.05) is 0 Å². The summed E-state index contributed by atoms with van der Waals surface area (Å²) >= 11 is 0. The molecule has 6 nitrogen and oxygen atoms in total. The average molecular weight is 379 g/mol. The predicted octanol–water partition coefficient (Wildman–Crippen LogP) is 4.03. The fraction of sp³-hybridized carbons (Fsp3) is 0.318. The third kappa shape index (κ3) is 4.57.